The summed E-state index contributed by atoms with van der Waals surface area (Å²) < 4.78 is 5.81. The summed E-state index contributed by atoms with van der Waals surface area (Å²) in [5.41, 5.74) is 1.77. The number of thiazole rings is 1. The van der Waals surface area contributed by atoms with E-state index in [4.69, 9.17) is 9.84 Å². The van der Waals surface area contributed by atoms with Crippen molar-refractivity contribution in [2.75, 3.05) is 18.5 Å². The van der Waals surface area contributed by atoms with E-state index in [1.54, 1.807) is 5.38 Å². The van der Waals surface area contributed by atoms with Crippen molar-refractivity contribution < 1.29 is 14.6 Å². The lowest BCUT2D eigenvalue weighted by atomic mass is 10.0. The summed E-state index contributed by atoms with van der Waals surface area (Å²) in [6, 6.07) is 8.03. The van der Waals surface area contributed by atoms with Gasteiger partial charge in [0.2, 0.25) is 0 Å². The number of para-hydroxylation sites is 1. The first-order valence-corrected chi connectivity index (χ1v) is 8.06. The number of aromatic nitrogens is 1. The Morgan fingerprint density at radius 2 is 2.18 bits per heavy atom. The highest BCUT2D eigenvalue weighted by Crippen LogP contribution is 2.25. The van der Waals surface area contributed by atoms with Gasteiger partial charge in [0, 0.05) is 5.38 Å². The lowest BCUT2D eigenvalue weighted by Crippen LogP contribution is -2.12. The van der Waals surface area contributed by atoms with Crippen LogP contribution in [0.3, 0.4) is 0 Å². The van der Waals surface area contributed by atoms with Crippen LogP contribution in [-0.2, 0) is 11.2 Å². The number of carbonyl (C=O) groups is 1. The molecule has 2 rings (SSSR count). The first-order chi connectivity index (χ1) is 10.6. The number of carboxylic acids is 1. The molecule has 0 aliphatic heterocycles. The lowest BCUT2D eigenvalue weighted by Gasteiger charge is -2.13. The maximum absolute atomic E-state index is 10.6. The average molecular weight is 320 g/mol. The van der Waals surface area contributed by atoms with Crippen LogP contribution in [0.4, 0.5) is 5.13 Å². The molecule has 0 radical (unpaired) electrons. The van der Waals surface area contributed by atoms with Crippen molar-refractivity contribution in [1.82, 2.24) is 4.98 Å². The third kappa shape index (κ3) is 4.73. The number of ether oxygens (including phenoxy) is 1. The fourth-order valence-corrected chi connectivity index (χ4v) is 2.77. The number of nitrogens with zero attached hydrogens (tertiary/aromatic N) is 1. The van der Waals surface area contributed by atoms with Crippen LogP contribution in [0.15, 0.2) is 29.6 Å². The van der Waals surface area contributed by atoms with Gasteiger partial charge in [-0.15, -0.1) is 11.3 Å². The molecule has 5 nitrogen and oxygen atoms in total. The zero-order valence-electron chi connectivity index (χ0n) is 12.7. The van der Waals surface area contributed by atoms with Gasteiger partial charge < -0.3 is 15.2 Å². The number of aliphatic carboxylic acids is 1. The monoisotopic (exact) mass is 320 g/mol. The van der Waals surface area contributed by atoms with Crippen LogP contribution in [0.2, 0.25) is 0 Å². The van der Waals surface area contributed by atoms with Gasteiger partial charge in [0.15, 0.2) is 5.13 Å². The summed E-state index contributed by atoms with van der Waals surface area (Å²) in [6.07, 6.45) is -0.0452. The van der Waals surface area contributed by atoms with Crippen LogP contribution in [0.25, 0.3) is 0 Å². The number of hydrogen-bond acceptors (Lipinski definition) is 5. The zero-order valence-corrected chi connectivity index (χ0v) is 13.5. The van der Waals surface area contributed by atoms with Crippen molar-refractivity contribution in [3.63, 3.8) is 0 Å². The van der Waals surface area contributed by atoms with E-state index in [0.29, 0.717) is 24.8 Å². The Morgan fingerprint density at radius 1 is 1.41 bits per heavy atom. The molecule has 0 saturated carbocycles. The van der Waals surface area contributed by atoms with E-state index in [9.17, 15) is 4.79 Å². The second-order valence-corrected chi connectivity index (χ2v) is 6.04. The Hall–Kier alpha value is -2.08. The molecule has 0 amide bonds. The predicted octanol–water partition coefficient (Wildman–Crippen LogP) is 3.38. The van der Waals surface area contributed by atoms with E-state index >= 15 is 0 Å². The van der Waals surface area contributed by atoms with Crippen LogP contribution in [0, 0.1) is 0 Å². The van der Waals surface area contributed by atoms with Crippen LogP contribution in [0.1, 0.15) is 31.0 Å². The molecule has 0 aliphatic rings. The van der Waals surface area contributed by atoms with Gasteiger partial charge in [0.25, 0.3) is 0 Å². The fraction of sp³-hybridized carbons (Fsp3) is 0.375. The maximum atomic E-state index is 10.6. The molecule has 6 heteroatoms. The Kier molecular flexibility index (Phi) is 5.77. The Balaban J connectivity index is 1.80. The molecule has 0 atom stereocenters. The summed E-state index contributed by atoms with van der Waals surface area (Å²) in [6.45, 7) is 5.42. The van der Waals surface area contributed by atoms with Gasteiger partial charge in [0.05, 0.1) is 18.7 Å². The third-order valence-electron chi connectivity index (χ3n) is 3.06. The van der Waals surface area contributed by atoms with E-state index < -0.39 is 5.97 Å². The van der Waals surface area contributed by atoms with Crippen molar-refractivity contribution in [3.8, 4) is 5.75 Å². The Morgan fingerprint density at radius 3 is 2.91 bits per heavy atom. The van der Waals surface area contributed by atoms with E-state index in [1.165, 1.54) is 16.9 Å². The molecule has 0 unspecified atom stereocenters. The molecule has 1 aromatic heterocycles. The summed E-state index contributed by atoms with van der Waals surface area (Å²) in [5.74, 6) is 0.456. The molecular formula is C16H20N2O3S. The van der Waals surface area contributed by atoms with Crippen molar-refractivity contribution in [2.24, 2.45) is 0 Å². The minimum Gasteiger partial charge on any atom is -0.491 e. The van der Waals surface area contributed by atoms with Crippen LogP contribution >= 0.6 is 11.3 Å². The number of anilines is 1. The van der Waals surface area contributed by atoms with E-state index in [2.05, 4.69) is 30.2 Å². The molecule has 0 bridgehead atoms. The second-order valence-electron chi connectivity index (χ2n) is 5.18. The van der Waals surface area contributed by atoms with Crippen molar-refractivity contribution in [1.29, 1.82) is 0 Å². The summed E-state index contributed by atoms with van der Waals surface area (Å²) >= 11 is 1.40. The Bertz CT molecular complexity index is 625. The number of nitrogens with one attached hydrogen (secondary N) is 1. The third-order valence-corrected chi connectivity index (χ3v) is 3.91. The molecule has 118 valence electrons. The minimum absolute atomic E-state index is 0.0452. The van der Waals surface area contributed by atoms with E-state index in [-0.39, 0.29) is 6.42 Å². The van der Waals surface area contributed by atoms with E-state index in [0.717, 1.165) is 10.9 Å². The predicted molar refractivity (Wildman–Crippen MR) is 88.0 cm³/mol. The molecule has 0 saturated heterocycles. The molecule has 1 aromatic carbocycles. The molecule has 22 heavy (non-hydrogen) atoms. The Labute approximate surface area is 134 Å². The first-order valence-electron chi connectivity index (χ1n) is 7.18. The number of rotatable bonds is 8. The van der Waals surface area contributed by atoms with E-state index in [1.807, 2.05) is 18.2 Å². The van der Waals surface area contributed by atoms with Crippen molar-refractivity contribution in [3.05, 3.63) is 40.9 Å². The van der Waals surface area contributed by atoms with Crippen LogP contribution in [0.5, 0.6) is 5.75 Å². The molecule has 1 heterocycles. The molecule has 2 N–H and O–H groups in total. The molecular weight excluding hydrogens is 300 g/mol. The maximum Gasteiger partial charge on any atom is 0.309 e. The highest BCUT2D eigenvalue weighted by molar-refractivity contribution is 7.13. The van der Waals surface area contributed by atoms with Gasteiger partial charge in [-0.2, -0.15) is 0 Å². The van der Waals surface area contributed by atoms with Crippen molar-refractivity contribution >= 4 is 22.4 Å². The standard InChI is InChI=1S/C16H20N2O3S/c1-11(2)13-5-3-4-6-14(13)21-8-7-17-16-18-12(10-22-16)9-15(19)20/h3-6,10-11H,7-9H2,1-2H3,(H,17,18)(H,19,20). The van der Waals surface area contributed by atoms with Gasteiger partial charge >= 0.3 is 5.97 Å². The topological polar surface area (TPSA) is 71.5 Å². The second kappa shape index (κ2) is 7.79. The van der Waals surface area contributed by atoms with Gasteiger partial charge in [-0.25, -0.2) is 4.98 Å². The van der Waals surface area contributed by atoms with Crippen LogP contribution in [-0.4, -0.2) is 29.2 Å². The highest BCUT2D eigenvalue weighted by Gasteiger charge is 2.07. The van der Waals surface area contributed by atoms with Crippen molar-refractivity contribution in [2.45, 2.75) is 26.2 Å². The first kappa shape index (κ1) is 16.3. The smallest absolute Gasteiger partial charge is 0.309 e. The summed E-state index contributed by atoms with van der Waals surface area (Å²) in [7, 11) is 0. The quantitative estimate of drug-likeness (QED) is 0.730. The average Bonchev–Trinajstić information content (AvgIpc) is 2.90. The normalized spacial score (nSPS) is 10.7. The number of benzene rings is 1. The highest BCUT2D eigenvalue weighted by atomic mass is 32.1. The van der Waals surface area contributed by atoms with Gasteiger partial charge in [-0.1, -0.05) is 32.0 Å². The molecule has 2 aromatic rings. The summed E-state index contributed by atoms with van der Waals surface area (Å²) in [5, 5.41) is 14.3. The van der Waals surface area contributed by atoms with Crippen LogP contribution < -0.4 is 10.1 Å². The zero-order chi connectivity index (χ0) is 15.9. The van der Waals surface area contributed by atoms with Gasteiger partial charge in [-0.05, 0) is 17.5 Å². The molecule has 0 fully saturated rings. The summed E-state index contributed by atoms with van der Waals surface area (Å²) in [4.78, 5) is 14.8. The minimum atomic E-state index is -0.870. The number of hydrogen-bond donors (Lipinski definition) is 2. The number of carboxylic acid groups (broad SMARTS) is 1. The fourth-order valence-electron chi connectivity index (χ4n) is 2.03. The molecule has 0 spiro atoms. The van der Waals surface area contributed by atoms with Gasteiger partial charge in [0.1, 0.15) is 12.4 Å². The SMILES string of the molecule is CC(C)c1ccccc1OCCNc1nc(CC(=O)O)cs1. The lowest BCUT2D eigenvalue weighted by molar-refractivity contribution is -0.136. The largest absolute Gasteiger partial charge is 0.491 e. The molecule has 0 aliphatic carbocycles. The van der Waals surface area contributed by atoms with Gasteiger partial charge in [-0.3, -0.25) is 4.79 Å².